The number of carbonyl (C=O) groups excluding carboxylic acids is 1. The summed E-state index contributed by atoms with van der Waals surface area (Å²) in [6, 6.07) is 0. The van der Waals surface area contributed by atoms with Crippen molar-refractivity contribution in [2.24, 2.45) is 5.16 Å². The molecule has 0 atom stereocenters. The van der Waals surface area contributed by atoms with Gasteiger partial charge in [0.1, 0.15) is 0 Å². The summed E-state index contributed by atoms with van der Waals surface area (Å²) in [6.45, 7) is 6.98. The van der Waals surface area contributed by atoms with Crippen molar-refractivity contribution < 1.29 is 9.63 Å². The van der Waals surface area contributed by atoms with E-state index < -0.39 is 5.97 Å². The average molecular weight is 155 g/mol. The molecule has 0 saturated heterocycles. The van der Waals surface area contributed by atoms with Crippen LogP contribution in [0.1, 0.15) is 27.7 Å². The second-order valence-electron chi connectivity index (χ2n) is 2.39. The van der Waals surface area contributed by atoms with Crippen LogP contribution in [-0.4, -0.2) is 11.7 Å². The second-order valence-corrected chi connectivity index (χ2v) is 2.39. The predicted octanol–water partition coefficient (Wildman–Crippen LogP) is 1.89. The van der Waals surface area contributed by atoms with Crippen molar-refractivity contribution in [1.29, 1.82) is 0 Å². The number of rotatable bonds is 2. The first-order valence-electron chi connectivity index (χ1n) is 3.43. The van der Waals surface area contributed by atoms with E-state index in [4.69, 9.17) is 0 Å². The third kappa shape index (κ3) is 4.31. The molecule has 3 nitrogen and oxygen atoms in total. The number of hydrogen-bond donors (Lipinski definition) is 0. The summed E-state index contributed by atoms with van der Waals surface area (Å²) in [5.41, 5.74) is 1.29. The molecule has 0 aromatic carbocycles. The van der Waals surface area contributed by atoms with Crippen LogP contribution in [0.2, 0.25) is 0 Å². The molecule has 0 aliphatic rings. The number of carbonyl (C=O) groups is 1. The van der Waals surface area contributed by atoms with E-state index in [9.17, 15) is 4.79 Å². The molecule has 0 fully saturated rings. The highest BCUT2D eigenvalue weighted by atomic mass is 16.7. The van der Waals surface area contributed by atoms with Gasteiger partial charge in [-0.25, -0.2) is 4.79 Å². The van der Waals surface area contributed by atoms with Gasteiger partial charge in [-0.2, -0.15) is 0 Å². The monoisotopic (exact) mass is 155 g/mol. The van der Waals surface area contributed by atoms with E-state index in [1.165, 1.54) is 0 Å². The van der Waals surface area contributed by atoms with E-state index in [-0.39, 0.29) is 0 Å². The zero-order valence-corrected chi connectivity index (χ0v) is 7.34. The van der Waals surface area contributed by atoms with Gasteiger partial charge in [-0.05, 0) is 27.7 Å². The fraction of sp³-hybridized carbons (Fsp3) is 0.500. The van der Waals surface area contributed by atoms with Crippen molar-refractivity contribution in [3.05, 3.63) is 11.6 Å². The molecule has 62 valence electrons. The highest BCUT2D eigenvalue weighted by Crippen LogP contribution is 1.95. The summed E-state index contributed by atoms with van der Waals surface area (Å²) in [5, 5.41) is 3.52. The fourth-order valence-electron chi connectivity index (χ4n) is 0.323. The summed E-state index contributed by atoms with van der Waals surface area (Å²) in [6.07, 6.45) is 1.68. The largest absolute Gasteiger partial charge is 0.361 e. The van der Waals surface area contributed by atoms with Crippen LogP contribution in [0.25, 0.3) is 0 Å². The van der Waals surface area contributed by atoms with Gasteiger partial charge in [0.05, 0.1) is 5.71 Å². The molecular weight excluding hydrogens is 142 g/mol. The molecule has 0 bridgehead atoms. The van der Waals surface area contributed by atoms with Crippen LogP contribution in [0, 0.1) is 0 Å². The minimum absolute atomic E-state index is 0.395. The van der Waals surface area contributed by atoms with E-state index in [0.717, 1.165) is 5.71 Å². The standard InChI is InChI=1S/C8H13NO2/c1-5-7(4)8(10)11-9-6(2)3/h5H,1-4H3. The van der Waals surface area contributed by atoms with E-state index in [1.807, 2.05) is 0 Å². The maximum atomic E-state index is 10.9. The molecule has 0 spiro atoms. The molecule has 0 amide bonds. The Kier molecular flexibility index (Phi) is 4.18. The Morgan fingerprint density at radius 1 is 1.36 bits per heavy atom. The normalized spacial score (nSPS) is 10.7. The molecule has 0 aromatic rings. The zero-order valence-electron chi connectivity index (χ0n) is 7.34. The van der Waals surface area contributed by atoms with Gasteiger partial charge >= 0.3 is 5.97 Å². The van der Waals surface area contributed by atoms with Gasteiger partial charge in [0.2, 0.25) is 0 Å². The van der Waals surface area contributed by atoms with Gasteiger partial charge in [0.15, 0.2) is 0 Å². The Labute approximate surface area is 66.7 Å². The lowest BCUT2D eigenvalue weighted by molar-refractivity contribution is -0.139. The van der Waals surface area contributed by atoms with Crippen molar-refractivity contribution in [1.82, 2.24) is 0 Å². The molecule has 0 aliphatic carbocycles. The van der Waals surface area contributed by atoms with Gasteiger partial charge in [-0.15, -0.1) is 0 Å². The maximum absolute atomic E-state index is 10.9. The second kappa shape index (κ2) is 4.66. The minimum atomic E-state index is -0.395. The first-order valence-corrected chi connectivity index (χ1v) is 3.43. The maximum Gasteiger partial charge on any atom is 0.361 e. The third-order valence-corrected chi connectivity index (χ3v) is 1.07. The molecule has 0 saturated carbocycles. The highest BCUT2D eigenvalue weighted by Gasteiger charge is 2.02. The molecule has 0 unspecified atom stereocenters. The van der Waals surface area contributed by atoms with Crippen LogP contribution < -0.4 is 0 Å². The first-order chi connectivity index (χ1) is 5.07. The molecule has 0 rings (SSSR count). The summed E-state index contributed by atoms with van der Waals surface area (Å²) in [5.74, 6) is -0.395. The smallest absolute Gasteiger partial charge is 0.313 e. The zero-order chi connectivity index (χ0) is 8.85. The minimum Gasteiger partial charge on any atom is -0.313 e. The molecule has 11 heavy (non-hydrogen) atoms. The number of nitrogens with zero attached hydrogens (tertiary/aromatic N) is 1. The molecule has 0 radical (unpaired) electrons. The summed E-state index contributed by atoms with van der Waals surface area (Å²) >= 11 is 0. The van der Waals surface area contributed by atoms with E-state index >= 15 is 0 Å². The topological polar surface area (TPSA) is 38.7 Å². The lowest BCUT2D eigenvalue weighted by atomic mass is 10.3. The SMILES string of the molecule is CC=C(C)C(=O)ON=C(C)C. The quantitative estimate of drug-likeness (QED) is 0.264. The molecule has 0 aromatic heterocycles. The van der Waals surface area contributed by atoms with Crippen LogP contribution in [0.4, 0.5) is 0 Å². The number of hydrogen-bond acceptors (Lipinski definition) is 3. The highest BCUT2D eigenvalue weighted by molar-refractivity contribution is 5.88. The van der Waals surface area contributed by atoms with Gasteiger partial charge in [-0.3, -0.25) is 0 Å². The summed E-state index contributed by atoms with van der Waals surface area (Å²) < 4.78 is 0. The van der Waals surface area contributed by atoms with Crippen molar-refractivity contribution in [3.63, 3.8) is 0 Å². The molecule has 3 heteroatoms. The number of allylic oxidation sites excluding steroid dienone is 1. The van der Waals surface area contributed by atoms with E-state index in [2.05, 4.69) is 9.99 Å². The van der Waals surface area contributed by atoms with Gasteiger partial charge in [-0.1, -0.05) is 11.2 Å². The average Bonchev–Trinajstić information content (AvgIpc) is 1.98. The van der Waals surface area contributed by atoms with Gasteiger partial charge in [0.25, 0.3) is 0 Å². The Hall–Kier alpha value is -1.12. The first kappa shape index (κ1) is 9.88. The predicted molar refractivity (Wildman–Crippen MR) is 44.3 cm³/mol. The van der Waals surface area contributed by atoms with Crippen LogP contribution in [0.15, 0.2) is 16.8 Å². The van der Waals surface area contributed by atoms with Crippen LogP contribution in [-0.2, 0) is 9.63 Å². The van der Waals surface area contributed by atoms with E-state index in [0.29, 0.717) is 5.57 Å². The van der Waals surface area contributed by atoms with Crippen molar-refractivity contribution >= 4 is 11.7 Å². The van der Waals surface area contributed by atoms with Crippen LogP contribution in [0.3, 0.4) is 0 Å². The summed E-state index contributed by atoms with van der Waals surface area (Å²) in [4.78, 5) is 15.4. The Morgan fingerprint density at radius 2 is 1.91 bits per heavy atom. The van der Waals surface area contributed by atoms with Crippen LogP contribution in [0.5, 0.6) is 0 Å². The molecule has 0 N–H and O–H groups in total. The Bertz CT molecular complexity index is 200. The van der Waals surface area contributed by atoms with E-state index in [1.54, 1.807) is 33.8 Å². The van der Waals surface area contributed by atoms with Crippen LogP contribution >= 0.6 is 0 Å². The van der Waals surface area contributed by atoms with Gasteiger partial charge in [0, 0.05) is 5.57 Å². The van der Waals surface area contributed by atoms with Crippen molar-refractivity contribution in [3.8, 4) is 0 Å². The third-order valence-electron chi connectivity index (χ3n) is 1.07. The molecular formula is C8H13NO2. The Balaban J connectivity index is 4.00. The Morgan fingerprint density at radius 3 is 2.27 bits per heavy atom. The van der Waals surface area contributed by atoms with Crippen molar-refractivity contribution in [2.45, 2.75) is 27.7 Å². The lowest BCUT2D eigenvalue weighted by Gasteiger charge is -1.95. The van der Waals surface area contributed by atoms with Gasteiger partial charge < -0.3 is 4.84 Å². The fourth-order valence-corrected chi connectivity index (χ4v) is 0.323. The molecule has 0 aliphatic heterocycles. The lowest BCUT2D eigenvalue weighted by Crippen LogP contribution is -2.01. The summed E-state index contributed by atoms with van der Waals surface area (Å²) in [7, 11) is 0. The number of oxime groups is 1. The molecule has 0 heterocycles. The van der Waals surface area contributed by atoms with Crippen molar-refractivity contribution in [2.75, 3.05) is 0 Å².